The van der Waals surface area contributed by atoms with Crippen molar-refractivity contribution in [1.82, 2.24) is 4.90 Å². The van der Waals surface area contributed by atoms with Crippen molar-refractivity contribution in [3.63, 3.8) is 0 Å². The van der Waals surface area contributed by atoms with Crippen molar-refractivity contribution in [1.29, 1.82) is 0 Å². The van der Waals surface area contributed by atoms with Crippen molar-refractivity contribution in [3.05, 3.63) is 12.3 Å². The van der Waals surface area contributed by atoms with Gasteiger partial charge in [-0.05, 0) is 82.6 Å². The van der Waals surface area contributed by atoms with E-state index in [9.17, 15) is 5.11 Å². The van der Waals surface area contributed by atoms with Crippen molar-refractivity contribution in [2.45, 2.75) is 88.7 Å². The lowest BCUT2D eigenvalue weighted by molar-refractivity contribution is -0.160. The molecule has 5 fully saturated rings. The first-order valence-corrected chi connectivity index (χ1v) is 10.6. The van der Waals surface area contributed by atoms with Crippen LogP contribution in [0, 0.1) is 17.8 Å². The molecule has 2 aliphatic heterocycles. The highest BCUT2D eigenvalue weighted by atomic mass is 16.5. The molecule has 1 saturated heterocycles. The molecule has 2 heterocycles. The highest BCUT2D eigenvalue weighted by molar-refractivity contribution is 5.77. The van der Waals surface area contributed by atoms with E-state index in [1.807, 2.05) is 6.20 Å². The van der Waals surface area contributed by atoms with E-state index in [0.717, 1.165) is 44.7 Å². The second kappa shape index (κ2) is 6.23. The zero-order valence-corrected chi connectivity index (χ0v) is 16.0. The summed E-state index contributed by atoms with van der Waals surface area (Å²) in [6, 6.07) is 1.40. The summed E-state index contributed by atoms with van der Waals surface area (Å²) >= 11 is 0. The normalized spacial score (nSPS) is 46.9. The second-order valence-electron chi connectivity index (χ2n) is 9.55. The topological polar surface area (TPSA) is 54.3 Å². The lowest BCUT2D eigenvalue weighted by atomic mass is 9.52. The average Bonchev–Trinajstić information content (AvgIpc) is 3.07. The lowest BCUT2D eigenvalue weighted by Crippen LogP contribution is -2.66. The van der Waals surface area contributed by atoms with Crippen molar-refractivity contribution >= 4 is 6.02 Å². The van der Waals surface area contributed by atoms with Crippen LogP contribution in [0.5, 0.6) is 0 Å². The third-order valence-corrected chi connectivity index (χ3v) is 7.21. The minimum absolute atomic E-state index is 0.105. The lowest BCUT2D eigenvalue weighted by Gasteiger charge is -2.61. The van der Waals surface area contributed by atoms with Crippen molar-refractivity contribution in [2.75, 3.05) is 6.61 Å². The third-order valence-electron chi connectivity index (χ3n) is 7.21. The number of amidine groups is 1. The smallest absolute Gasteiger partial charge is 0.293 e. The fourth-order valence-corrected chi connectivity index (χ4v) is 6.69. The van der Waals surface area contributed by atoms with Gasteiger partial charge >= 0.3 is 0 Å². The highest BCUT2D eigenvalue weighted by Crippen LogP contribution is 2.57. The van der Waals surface area contributed by atoms with Crippen LogP contribution in [0.4, 0.5) is 0 Å². The first kappa shape index (κ1) is 17.1. The number of hydrogen-bond donors (Lipinski definition) is 1. The molecule has 0 spiro atoms. The van der Waals surface area contributed by atoms with Gasteiger partial charge in [-0.1, -0.05) is 0 Å². The molecule has 144 valence electrons. The molecule has 6 rings (SSSR count). The summed E-state index contributed by atoms with van der Waals surface area (Å²) in [7, 11) is 0. The summed E-state index contributed by atoms with van der Waals surface area (Å²) in [5.74, 6) is 1.80. The van der Waals surface area contributed by atoms with Crippen LogP contribution in [0.2, 0.25) is 0 Å². The number of ether oxygens (including phenoxy) is 2. The fraction of sp³-hybridized carbons (Fsp3) is 0.857. The zero-order valence-electron chi connectivity index (χ0n) is 16.0. The molecular weight excluding hydrogens is 328 g/mol. The van der Waals surface area contributed by atoms with Crippen molar-refractivity contribution in [2.24, 2.45) is 22.7 Å². The molecule has 0 amide bonds. The Bertz CT molecular complexity index is 594. The largest absolute Gasteiger partial charge is 0.462 e. The van der Waals surface area contributed by atoms with Gasteiger partial charge in [0.1, 0.15) is 0 Å². The second-order valence-corrected chi connectivity index (χ2v) is 9.55. The minimum atomic E-state index is -0.409. The van der Waals surface area contributed by atoms with E-state index < -0.39 is 5.60 Å². The Kier molecular flexibility index (Phi) is 4.09. The molecule has 4 bridgehead atoms. The Labute approximate surface area is 156 Å². The van der Waals surface area contributed by atoms with Crippen LogP contribution in [-0.2, 0) is 9.47 Å². The summed E-state index contributed by atoms with van der Waals surface area (Å²) < 4.78 is 12.3. The summed E-state index contributed by atoms with van der Waals surface area (Å²) in [5, 5.41) is 11.0. The number of hydrogen-bond acceptors (Lipinski definition) is 5. The number of rotatable bonds is 3. The number of nitrogens with zero attached hydrogens (tertiary/aromatic N) is 2. The van der Waals surface area contributed by atoms with Crippen LogP contribution >= 0.6 is 0 Å². The Balaban J connectivity index is 1.48. The molecular formula is C21H32N2O3. The van der Waals surface area contributed by atoms with Gasteiger partial charge in [-0.3, -0.25) is 0 Å². The van der Waals surface area contributed by atoms with Crippen LogP contribution in [-0.4, -0.2) is 52.5 Å². The van der Waals surface area contributed by atoms with Crippen molar-refractivity contribution in [3.8, 4) is 0 Å². The molecule has 4 saturated carbocycles. The predicted molar refractivity (Wildman–Crippen MR) is 99.7 cm³/mol. The van der Waals surface area contributed by atoms with E-state index in [1.54, 1.807) is 0 Å². The molecule has 26 heavy (non-hydrogen) atoms. The van der Waals surface area contributed by atoms with Gasteiger partial charge in [-0.15, -0.1) is 0 Å². The third kappa shape index (κ3) is 2.78. The zero-order chi connectivity index (χ0) is 17.9. The maximum atomic E-state index is 11.0. The van der Waals surface area contributed by atoms with E-state index in [-0.39, 0.29) is 18.2 Å². The van der Waals surface area contributed by atoms with Gasteiger partial charge in [0, 0.05) is 18.8 Å². The van der Waals surface area contributed by atoms with E-state index in [2.05, 4.69) is 29.8 Å². The molecule has 0 radical (unpaired) electrons. The van der Waals surface area contributed by atoms with Crippen LogP contribution in [0.3, 0.4) is 0 Å². The Morgan fingerprint density at radius 3 is 2.65 bits per heavy atom. The molecule has 6 aliphatic rings. The maximum absolute atomic E-state index is 11.0. The van der Waals surface area contributed by atoms with Crippen LogP contribution < -0.4 is 0 Å². The number of aliphatic hydroxyl groups is 1. The molecule has 0 aromatic heterocycles. The molecule has 0 aromatic carbocycles. The maximum Gasteiger partial charge on any atom is 0.293 e. The Hall–Kier alpha value is -1.07. The summed E-state index contributed by atoms with van der Waals surface area (Å²) in [5.41, 5.74) is -0.409. The first-order chi connectivity index (χ1) is 12.5. The van der Waals surface area contributed by atoms with E-state index in [1.165, 1.54) is 12.8 Å². The van der Waals surface area contributed by atoms with Crippen LogP contribution in [0.1, 0.15) is 58.8 Å². The van der Waals surface area contributed by atoms with Gasteiger partial charge in [0.05, 0.1) is 23.9 Å². The van der Waals surface area contributed by atoms with Gasteiger partial charge in [0.25, 0.3) is 6.02 Å². The Morgan fingerprint density at radius 2 is 2.04 bits per heavy atom. The quantitative estimate of drug-likeness (QED) is 0.840. The standard InChI is InChI=1S/C21H32N2O3/c1-13(2)26-20-22-6-5-17(18-4-3-7-25-18)23(20)19-15-8-14-9-16(19)12-21(24,10-14)11-15/h5-6,13-19,24H,3-4,7-12H2,1-2H3/t14?,15?,16?,17?,18-,19?,21?/m1/s1. The van der Waals surface area contributed by atoms with E-state index >= 15 is 0 Å². The van der Waals surface area contributed by atoms with Gasteiger partial charge in [-0.25, -0.2) is 4.99 Å². The van der Waals surface area contributed by atoms with E-state index in [0.29, 0.717) is 23.8 Å². The fourth-order valence-electron chi connectivity index (χ4n) is 6.69. The van der Waals surface area contributed by atoms with Gasteiger partial charge < -0.3 is 19.5 Å². The molecule has 5 heteroatoms. The molecule has 4 atom stereocenters. The monoisotopic (exact) mass is 360 g/mol. The molecule has 5 nitrogen and oxygen atoms in total. The van der Waals surface area contributed by atoms with Crippen LogP contribution in [0.25, 0.3) is 0 Å². The van der Waals surface area contributed by atoms with Gasteiger partial charge in [0.2, 0.25) is 0 Å². The van der Waals surface area contributed by atoms with Gasteiger partial charge in [0.15, 0.2) is 0 Å². The molecule has 3 unspecified atom stereocenters. The average molecular weight is 360 g/mol. The van der Waals surface area contributed by atoms with Crippen molar-refractivity contribution < 1.29 is 14.6 Å². The predicted octanol–water partition coefficient (Wildman–Crippen LogP) is 3.08. The minimum Gasteiger partial charge on any atom is -0.462 e. The summed E-state index contributed by atoms with van der Waals surface area (Å²) in [4.78, 5) is 7.11. The summed E-state index contributed by atoms with van der Waals surface area (Å²) in [6.07, 6.45) is 12.1. The molecule has 1 N–H and O–H groups in total. The first-order valence-electron chi connectivity index (χ1n) is 10.6. The molecule has 0 aromatic rings. The molecule has 4 aliphatic carbocycles. The number of aliphatic imine (C=N–C) groups is 1. The highest BCUT2D eigenvalue weighted by Gasteiger charge is 2.58. The SMILES string of the molecule is CC(C)OC1=NC=CC([C@H]2CCCO2)N1C1C2CC3CC1CC(O)(C3)C2. The van der Waals surface area contributed by atoms with Crippen LogP contribution in [0.15, 0.2) is 17.3 Å². The van der Waals surface area contributed by atoms with E-state index in [4.69, 9.17) is 9.47 Å². The summed E-state index contributed by atoms with van der Waals surface area (Å²) in [6.45, 7) is 5.00. The Morgan fingerprint density at radius 1 is 1.27 bits per heavy atom. The van der Waals surface area contributed by atoms with Gasteiger partial charge in [-0.2, -0.15) is 0 Å².